The van der Waals surface area contributed by atoms with Gasteiger partial charge in [-0.3, -0.25) is 0 Å². The van der Waals surface area contributed by atoms with Crippen molar-refractivity contribution in [2.24, 2.45) is 0 Å². The first-order valence-corrected chi connectivity index (χ1v) is 11.4. The third kappa shape index (κ3) is 13.7. The van der Waals surface area contributed by atoms with E-state index in [1.54, 1.807) is 0 Å². The maximum absolute atomic E-state index is 10.2. The molecule has 0 amide bonds. The van der Waals surface area contributed by atoms with E-state index in [0.29, 0.717) is 13.1 Å². The van der Waals surface area contributed by atoms with Crippen molar-refractivity contribution in [1.82, 2.24) is 0 Å². The number of hydrogen-bond donors (Lipinski definition) is 2. The molecule has 0 saturated heterocycles. The lowest BCUT2D eigenvalue weighted by atomic mass is 10.0. The summed E-state index contributed by atoms with van der Waals surface area (Å²) in [7, 11) is 0. The van der Waals surface area contributed by atoms with Gasteiger partial charge >= 0.3 is 0 Å². The molecule has 0 rings (SSSR count). The lowest BCUT2D eigenvalue weighted by molar-refractivity contribution is -1.13. The summed E-state index contributed by atoms with van der Waals surface area (Å²) in [5, 5.41) is 20.3. The van der Waals surface area contributed by atoms with Gasteiger partial charge in [-0.25, -0.2) is 5.21 Å². The van der Waals surface area contributed by atoms with Crippen molar-refractivity contribution in [1.29, 1.82) is 0 Å². The van der Waals surface area contributed by atoms with Gasteiger partial charge in [-0.1, -0.05) is 96.8 Å². The smallest absolute Gasteiger partial charge is 0.220 e. The normalized spacial score (nSPS) is 13.3. The predicted molar refractivity (Wildman–Crippen MR) is 109 cm³/mol. The van der Waals surface area contributed by atoms with Gasteiger partial charge < -0.3 is 5.11 Å². The zero-order valence-electron chi connectivity index (χ0n) is 17.6. The van der Waals surface area contributed by atoms with Crippen molar-refractivity contribution < 1.29 is 15.0 Å². The first kappa shape index (κ1) is 24.9. The standard InChI is InChI=1S/C22H48NO2/c1-4-7-8-9-10-11-12-13-14-15-16-17-18-19-20-21-22(24)23(25,5-2)6-3/h22,24-25H,4-21H2,1-3H3/q+1. The number of unbranched alkanes of at least 4 members (excludes halogenated alkanes) is 14. The lowest BCUT2D eigenvalue weighted by Crippen LogP contribution is -2.52. The fourth-order valence-corrected chi connectivity index (χ4v) is 3.58. The molecule has 0 aromatic rings. The minimum Gasteiger partial charge on any atom is -0.343 e. The fourth-order valence-electron chi connectivity index (χ4n) is 3.58. The number of aliphatic hydroxyl groups is 1. The van der Waals surface area contributed by atoms with Gasteiger partial charge in [-0.2, -0.15) is 4.65 Å². The van der Waals surface area contributed by atoms with Crippen LogP contribution in [0.1, 0.15) is 124 Å². The van der Waals surface area contributed by atoms with Crippen LogP contribution in [-0.2, 0) is 0 Å². The molecular formula is C22H48NO2+. The number of rotatable bonds is 19. The second-order valence-electron chi connectivity index (χ2n) is 7.84. The van der Waals surface area contributed by atoms with E-state index in [-0.39, 0.29) is 4.65 Å². The highest BCUT2D eigenvalue weighted by molar-refractivity contribution is 4.51. The second-order valence-corrected chi connectivity index (χ2v) is 7.84. The Bertz CT molecular complexity index is 267. The molecule has 0 heterocycles. The van der Waals surface area contributed by atoms with E-state index in [4.69, 9.17) is 0 Å². The minimum absolute atomic E-state index is 0.196. The van der Waals surface area contributed by atoms with Gasteiger partial charge in [0.15, 0.2) is 0 Å². The molecule has 0 saturated carbocycles. The van der Waals surface area contributed by atoms with Gasteiger partial charge in [0.05, 0.1) is 0 Å². The molecule has 0 aliphatic carbocycles. The van der Waals surface area contributed by atoms with Gasteiger partial charge in [0.25, 0.3) is 0 Å². The predicted octanol–water partition coefficient (Wildman–Crippen LogP) is 6.81. The summed E-state index contributed by atoms with van der Waals surface area (Å²) >= 11 is 0. The van der Waals surface area contributed by atoms with Gasteiger partial charge in [0.2, 0.25) is 6.23 Å². The van der Waals surface area contributed by atoms with Gasteiger partial charge in [-0.05, 0) is 20.3 Å². The number of aliphatic hydroxyl groups excluding tert-OH is 1. The highest BCUT2D eigenvalue weighted by atomic mass is 16.6. The van der Waals surface area contributed by atoms with E-state index >= 15 is 0 Å². The van der Waals surface area contributed by atoms with E-state index < -0.39 is 6.23 Å². The van der Waals surface area contributed by atoms with Crippen molar-refractivity contribution in [3.05, 3.63) is 0 Å². The first-order chi connectivity index (χ1) is 12.1. The lowest BCUT2D eigenvalue weighted by Gasteiger charge is -2.32. The summed E-state index contributed by atoms with van der Waals surface area (Å²) in [6, 6.07) is 0. The Hall–Kier alpha value is -0.120. The Morgan fingerprint density at radius 1 is 0.560 bits per heavy atom. The maximum Gasteiger partial charge on any atom is 0.220 e. The van der Waals surface area contributed by atoms with Crippen molar-refractivity contribution in [3.63, 3.8) is 0 Å². The molecule has 3 nitrogen and oxygen atoms in total. The van der Waals surface area contributed by atoms with Crippen molar-refractivity contribution in [2.45, 2.75) is 130 Å². The molecule has 0 bridgehead atoms. The van der Waals surface area contributed by atoms with E-state index in [2.05, 4.69) is 6.92 Å². The van der Waals surface area contributed by atoms with Crippen LogP contribution in [0.25, 0.3) is 0 Å². The molecule has 1 atom stereocenters. The maximum atomic E-state index is 10.2. The molecule has 152 valence electrons. The van der Waals surface area contributed by atoms with Crippen LogP contribution >= 0.6 is 0 Å². The molecule has 3 heteroatoms. The van der Waals surface area contributed by atoms with Crippen molar-refractivity contribution in [2.75, 3.05) is 13.1 Å². The first-order valence-electron chi connectivity index (χ1n) is 11.4. The quantitative estimate of drug-likeness (QED) is 0.115. The summed E-state index contributed by atoms with van der Waals surface area (Å²) in [5.41, 5.74) is 0. The number of nitrogens with zero attached hydrogens (tertiary/aromatic N) is 1. The topological polar surface area (TPSA) is 40.5 Å². The van der Waals surface area contributed by atoms with Crippen LogP contribution in [0.4, 0.5) is 0 Å². The molecule has 25 heavy (non-hydrogen) atoms. The molecule has 0 aromatic carbocycles. The largest absolute Gasteiger partial charge is 0.343 e. The molecule has 1 unspecified atom stereocenters. The average Bonchev–Trinajstić information content (AvgIpc) is 2.63. The second kappa shape index (κ2) is 17.3. The van der Waals surface area contributed by atoms with Gasteiger partial charge in [-0.15, -0.1) is 0 Å². The van der Waals surface area contributed by atoms with Gasteiger partial charge in [0, 0.05) is 6.42 Å². The SMILES string of the molecule is CCCCCCCCCCCCCCCCCC(O)[N+](O)(CC)CC. The summed E-state index contributed by atoms with van der Waals surface area (Å²) in [6.07, 6.45) is 20.4. The van der Waals surface area contributed by atoms with Crippen molar-refractivity contribution >= 4 is 0 Å². The molecule has 0 aliphatic heterocycles. The van der Waals surface area contributed by atoms with Crippen LogP contribution in [0.15, 0.2) is 0 Å². The fraction of sp³-hybridized carbons (Fsp3) is 1.00. The van der Waals surface area contributed by atoms with E-state index in [1.807, 2.05) is 13.8 Å². The Morgan fingerprint density at radius 2 is 0.880 bits per heavy atom. The summed E-state index contributed by atoms with van der Waals surface area (Å²) in [6.45, 7) is 7.30. The minimum atomic E-state index is -0.614. The van der Waals surface area contributed by atoms with Crippen LogP contribution in [0.2, 0.25) is 0 Å². The van der Waals surface area contributed by atoms with Crippen LogP contribution in [0.3, 0.4) is 0 Å². The van der Waals surface area contributed by atoms with E-state index in [1.165, 1.54) is 89.9 Å². The molecule has 2 N–H and O–H groups in total. The zero-order chi connectivity index (χ0) is 18.8. The number of quaternary nitrogens is 1. The third-order valence-corrected chi connectivity index (χ3v) is 5.72. The summed E-state index contributed by atoms with van der Waals surface area (Å²) in [5.74, 6) is 0. The van der Waals surface area contributed by atoms with Crippen LogP contribution in [0, 0.1) is 0 Å². The molecule has 0 radical (unpaired) electrons. The number of hydroxylamine groups is 3. The molecular weight excluding hydrogens is 310 g/mol. The molecule has 0 aliphatic rings. The molecule has 0 aromatic heterocycles. The van der Waals surface area contributed by atoms with Crippen LogP contribution in [0.5, 0.6) is 0 Å². The monoisotopic (exact) mass is 358 g/mol. The Labute approximate surface area is 158 Å². The average molecular weight is 359 g/mol. The Kier molecular flexibility index (Phi) is 17.2. The Balaban J connectivity index is 3.26. The van der Waals surface area contributed by atoms with Crippen LogP contribution in [-0.4, -0.2) is 34.3 Å². The van der Waals surface area contributed by atoms with Gasteiger partial charge in [0.1, 0.15) is 13.1 Å². The highest BCUT2D eigenvalue weighted by Gasteiger charge is 2.30. The molecule has 0 fully saturated rings. The van der Waals surface area contributed by atoms with Crippen molar-refractivity contribution in [3.8, 4) is 0 Å². The van der Waals surface area contributed by atoms with E-state index in [9.17, 15) is 10.3 Å². The summed E-state index contributed by atoms with van der Waals surface area (Å²) < 4.78 is -0.196. The zero-order valence-corrected chi connectivity index (χ0v) is 17.6. The third-order valence-electron chi connectivity index (χ3n) is 5.72. The summed E-state index contributed by atoms with van der Waals surface area (Å²) in [4.78, 5) is 0. The highest BCUT2D eigenvalue weighted by Crippen LogP contribution is 2.16. The van der Waals surface area contributed by atoms with Crippen LogP contribution < -0.4 is 0 Å². The van der Waals surface area contributed by atoms with E-state index in [0.717, 1.165) is 12.8 Å². The number of hydrogen-bond acceptors (Lipinski definition) is 2. The Morgan fingerprint density at radius 3 is 1.20 bits per heavy atom. The molecule has 0 spiro atoms.